The van der Waals surface area contributed by atoms with Crippen molar-refractivity contribution in [2.75, 3.05) is 19.6 Å². The molecule has 0 spiro atoms. The Labute approximate surface area is 134 Å². The highest BCUT2D eigenvalue weighted by molar-refractivity contribution is 5.89. The summed E-state index contributed by atoms with van der Waals surface area (Å²) in [6.07, 6.45) is 2.16. The summed E-state index contributed by atoms with van der Waals surface area (Å²) in [4.78, 5) is 37.2. The minimum absolute atomic E-state index is 0.0557. The molecule has 1 saturated heterocycles. The number of aliphatic carboxylic acids is 1. The van der Waals surface area contributed by atoms with Crippen LogP contribution in [0.5, 0.6) is 0 Å². The van der Waals surface area contributed by atoms with E-state index < -0.39 is 11.4 Å². The average molecular weight is 316 g/mol. The van der Waals surface area contributed by atoms with Gasteiger partial charge in [0.2, 0.25) is 11.8 Å². The van der Waals surface area contributed by atoms with Crippen molar-refractivity contribution < 1.29 is 19.5 Å². The first-order valence-electron chi connectivity index (χ1n) is 7.87. The molecule has 1 aliphatic heterocycles. The maximum absolute atomic E-state index is 12.3. The Morgan fingerprint density at radius 2 is 1.91 bits per heavy atom. The van der Waals surface area contributed by atoms with Gasteiger partial charge in [-0.3, -0.25) is 14.4 Å². The first-order chi connectivity index (χ1) is 11.0. The third-order valence-electron chi connectivity index (χ3n) is 4.72. The summed E-state index contributed by atoms with van der Waals surface area (Å²) < 4.78 is 0. The van der Waals surface area contributed by atoms with E-state index in [1.54, 1.807) is 24.3 Å². The van der Waals surface area contributed by atoms with E-state index in [2.05, 4.69) is 5.32 Å². The number of benzene rings is 1. The molecular formula is C17H20N2O4. The van der Waals surface area contributed by atoms with Crippen molar-refractivity contribution in [3.8, 4) is 0 Å². The third-order valence-corrected chi connectivity index (χ3v) is 4.72. The predicted octanol–water partition coefficient (Wildman–Crippen LogP) is 0.768. The Balaban J connectivity index is 1.66. The van der Waals surface area contributed by atoms with Gasteiger partial charge in [-0.15, -0.1) is 0 Å². The summed E-state index contributed by atoms with van der Waals surface area (Å²) in [5.74, 6) is -1.16. The van der Waals surface area contributed by atoms with Crippen LogP contribution in [0.25, 0.3) is 0 Å². The molecule has 2 fully saturated rings. The molecule has 1 atom stereocenters. The molecule has 23 heavy (non-hydrogen) atoms. The van der Waals surface area contributed by atoms with Crippen LogP contribution in [0.15, 0.2) is 30.3 Å². The van der Waals surface area contributed by atoms with E-state index in [1.165, 1.54) is 4.90 Å². The fourth-order valence-corrected chi connectivity index (χ4v) is 3.08. The van der Waals surface area contributed by atoms with Gasteiger partial charge in [0.25, 0.3) is 0 Å². The number of likely N-dealkylation sites (tertiary alicyclic amines) is 1. The molecule has 0 bridgehead atoms. The minimum atomic E-state index is -1.06. The lowest BCUT2D eigenvalue weighted by Crippen LogP contribution is -2.43. The zero-order valence-corrected chi connectivity index (χ0v) is 12.8. The molecule has 6 nitrogen and oxygen atoms in total. The second-order valence-corrected chi connectivity index (χ2v) is 6.31. The number of carboxylic acids is 1. The topological polar surface area (TPSA) is 86.7 Å². The smallest absolute Gasteiger partial charge is 0.316 e. The molecule has 1 aromatic rings. The van der Waals surface area contributed by atoms with Crippen LogP contribution >= 0.6 is 0 Å². The predicted molar refractivity (Wildman–Crippen MR) is 82.7 cm³/mol. The van der Waals surface area contributed by atoms with Crippen LogP contribution in [-0.2, 0) is 19.8 Å². The lowest BCUT2D eigenvalue weighted by atomic mass is 9.80. The van der Waals surface area contributed by atoms with Gasteiger partial charge in [0.15, 0.2) is 0 Å². The van der Waals surface area contributed by atoms with Gasteiger partial charge >= 0.3 is 5.97 Å². The molecule has 0 aromatic heterocycles. The number of hydrogen-bond acceptors (Lipinski definition) is 3. The van der Waals surface area contributed by atoms with Crippen LogP contribution in [-0.4, -0.2) is 47.4 Å². The molecule has 1 aromatic carbocycles. The SMILES string of the molecule is O=C(NCC(=O)N1CCC(C(=O)O)(c2ccccc2)C1)C1CC1. The van der Waals surface area contributed by atoms with Gasteiger partial charge in [-0.25, -0.2) is 0 Å². The summed E-state index contributed by atoms with van der Waals surface area (Å²) >= 11 is 0. The van der Waals surface area contributed by atoms with Crippen molar-refractivity contribution in [1.29, 1.82) is 0 Å². The molecule has 1 saturated carbocycles. The van der Waals surface area contributed by atoms with E-state index >= 15 is 0 Å². The average Bonchev–Trinajstić information content (AvgIpc) is 3.31. The minimum Gasteiger partial charge on any atom is -0.481 e. The number of nitrogens with zero attached hydrogens (tertiary/aromatic N) is 1. The molecule has 1 unspecified atom stereocenters. The number of nitrogens with one attached hydrogen (secondary N) is 1. The first kappa shape index (κ1) is 15.5. The van der Waals surface area contributed by atoms with Gasteiger partial charge < -0.3 is 15.3 Å². The molecule has 122 valence electrons. The maximum atomic E-state index is 12.3. The number of hydrogen-bond donors (Lipinski definition) is 2. The summed E-state index contributed by atoms with van der Waals surface area (Å²) in [7, 11) is 0. The molecule has 0 radical (unpaired) electrons. The van der Waals surface area contributed by atoms with Gasteiger partial charge in [-0.1, -0.05) is 30.3 Å². The fraction of sp³-hybridized carbons (Fsp3) is 0.471. The highest BCUT2D eigenvalue weighted by atomic mass is 16.4. The second kappa shape index (κ2) is 6.02. The molecule has 3 rings (SSSR count). The van der Waals surface area contributed by atoms with Crippen molar-refractivity contribution in [3.05, 3.63) is 35.9 Å². The summed E-state index contributed by atoms with van der Waals surface area (Å²) in [5.41, 5.74) is -0.345. The van der Waals surface area contributed by atoms with Gasteiger partial charge in [0, 0.05) is 19.0 Å². The Morgan fingerprint density at radius 1 is 1.22 bits per heavy atom. The lowest BCUT2D eigenvalue weighted by molar-refractivity contribution is -0.143. The van der Waals surface area contributed by atoms with E-state index in [1.807, 2.05) is 6.07 Å². The van der Waals surface area contributed by atoms with Gasteiger partial charge in [-0.05, 0) is 24.8 Å². The summed E-state index contributed by atoms with van der Waals surface area (Å²) in [6, 6.07) is 9.03. The zero-order chi connectivity index (χ0) is 16.4. The molecule has 1 heterocycles. The van der Waals surface area contributed by atoms with Crippen LogP contribution in [0, 0.1) is 5.92 Å². The molecular weight excluding hydrogens is 296 g/mol. The lowest BCUT2D eigenvalue weighted by Gasteiger charge is -2.25. The Hall–Kier alpha value is -2.37. The van der Waals surface area contributed by atoms with Gasteiger partial charge in [-0.2, -0.15) is 0 Å². The van der Waals surface area contributed by atoms with Gasteiger partial charge in [0.1, 0.15) is 5.41 Å². The zero-order valence-electron chi connectivity index (χ0n) is 12.8. The maximum Gasteiger partial charge on any atom is 0.316 e. The third kappa shape index (κ3) is 3.06. The van der Waals surface area contributed by atoms with Crippen molar-refractivity contribution in [2.45, 2.75) is 24.7 Å². The molecule has 1 aliphatic carbocycles. The largest absolute Gasteiger partial charge is 0.481 e. The standard InChI is InChI=1S/C17H20N2O4/c20-14(10-18-15(21)12-6-7-12)19-9-8-17(11-19,16(22)23)13-4-2-1-3-5-13/h1-5,12H,6-11H2,(H,18,21)(H,22,23). The monoisotopic (exact) mass is 316 g/mol. The van der Waals surface area contributed by atoms with Crippen molar-refractivity contribution in [2.24, 2.45) is 5.92 Å². The number of amides is 2. The molecule has 6 heteroatoms. The van der Waals surface area contributed by atoms with E-state index in [9.17, 15) is 19.5 Å². The van der Waals surface area contributed by atoms with Gasteiger partial charge in [0.05, 0.1) is 6.54 Å². The van der Waals surface area contributed by atoms with Crippen molar-refractivity contribution >= 4 is 17.8 Å². The summed E-state index contributed by atoms with van der Waals surface area (Å²) in [6.45, 7) is 0.476. The molecule has 2 N–H and O–H groups in total. The summed E-state index contributed by atoms with van der Waals surface area (Å²) in [5, 5.41) is 12.3. The Morgan fingerprint density at radius 3 is 2.52 bits per heavy atom. The van der Waals surface area contributed by atoms with Crippen molar-refractivity contribution in [3.63, 3.8) is 0 Å². The highest BCUT2D eigenvalue weighted by Crippen LogP contribution is 2.35. The number of carbonyl (C=O) groups excluding carboxylic acids is 2. The fourth-order valence-electron chi connectivity index (χ4n) is 3.08. The van der Waals surface area contributed by atoms with Crippen LogP contribution in [0.2, 0.25) is 0 Å². The Kier molecular flexibility index (Phi) is 4.07. The normalized spacial score (nSPS) is 23.6. The Bertz CT molecular complexity index is 627. The van der Waals surface area contributed by atoms with E-state index in [4.69, 9.17) is 0 Å². The van der Waals surface area contributed by atoms with E-state index in [-0.39, 0.29) is 30.8 Å². The highest BCUT2D eigenvalue weighted by Gasteiger charge is 2.47. The number of carbonyl (C=O) groups is 3. The van der Waals surface area contributed by atoms with Crippen LogP contribution in [0.3, 0.4) is 0 Å². The molecule has 2 amide bonds. The number of carboxylic acid groups (broad SMARTS) is 1. The van der Waals surface area contributed by atoms with E-state index in [0.717, 1.165) is 12.8 Å². The van der Waals surface area contributed by atoms with Crippen LogP contribution in [0.4, 0.5) is 0 Å². The van der Waals surface area contributed by atoms with Crippen molar-refractivity contribution in [1.82, 2.24) is 10.2 Å². The quantitative estimate of drug-likeness (QED) is 0.840. The van der Waals surface area contributed by atoms with Crippen LogP contribution < -0.4 is 5.32 Å². The second-order valence-electron chi connectivity index (χ2n) is 6.31. The van der Waals surface area contributed by atoms with E-state index in [0.29, 0.717) is 18.5 Å². The van der Waals surface area contributed by atoms with Crippen LogP contribution in [0.1, 0.15) is 24.8 Å². The molecule has 2 aliphatic rings. The first-order valence-corrected chi connectivity index (χ1v) is 7.87. The number of rotatable bonds is 5.